The largest absolute Gasteiger partial charge is 0.573 e. The van der Waals surface area contributed by atoms with Crippen LogP contribution < -0.4 is 9.47 Å². The van der Waals surface area contributed by atoms with Crippen molar-refractivity contribution in [1.82, 2.24) is 4.98 Å². The van der Waals surface area contributed by atoms with E-state index < -0.39 is 12.1 Å². The maximum Gasteiger partial charge on any atom is 0.573 e. The number of nitriles is 1. The minimum atomic E-state index is -4.81. The standard InChI is InChI=1S/C10H8BrF3N2O2/c1-17-9-6(2-3-15)7(4-11)8(5-16-9)18-10(12,13)14/h5H,2,4H2,1H3. The number of pyridine rings is 1. The number of hydrogen-bond donors (Lipinski definition) is 0. The molecule has 0 aliphatic rings. The number of ether oxygens (including phenoxy) is 2. The van der Waals surface area contributed by atoms with Crippen LogP contribution in [0, 0.1) is 11.3 Å². The van der Waals surface area contributed by atoms with Gasteiger partial charge in [-0.05, 0) is 0 Å². The van der Waals surface area contributed by atoms with Gasteiger partial charge in [0.2, 0.25) is 5.88 Å². The molecule has 8 heteroatoms. The Morgan fingerprint density at radius 2 is 2.11 bits per heavy atom. The smallest absolute Gasteiger partial charge is 0.481 e. The summed E-state index contributed by atoms with van der Waals surface area (Å²) >= 11 is 3.06. The molecule has 98 valence electrons. The highest BCUT2D eigenvalue weighted by atomic mass is 79.9. The third kappa shape index (κ3) is 3.50. The molecule has 0 aromatic carbocycles. The quantitative estimate of drug-likeness (QED) is 0.799. The molecular weight excluding hydrogens is 317 g/mol. The van der Waals surface area contributed by atoms with Crippen molar-refractivity contribution in [1.29, 1.82) is 5.26 Å². The van der Waals surface area contributed by atoms with Gasteiger partial charge in [-0.2, -0.15) is 5.26 Å². The van der Waals surface area contributed by atoms with Gasteiger partial charge in [-0.15, -0.1) is 13.2 Å². The molecule has 0 saturated carbocycles. The van der Waals surface area contributed by atoms with Gasteiger partial charge in [0.05, 0.1) is 25.8 Å². The average Bonchev–Trinajstić information content (AvgIpc) is 2.28. The molecule has 0 radical (unpaired) electrons. The van der Waals surface area contributed by atoms with Crippen molar-refractivity contribution in [2.45, 2.75) is 18.1 Å². The zero-order valence-corrected chi connectivity index (χ0v) is 10.8. The molecule has 0 bridgehead atoms. The highest BCUT2D eigenvalue weighted by Crippen LogP contribution is 2.33. The van der Waals surface area contributed by atoms with Gasteiger partial charge in [0, 0.05) is 16.5 Å². The summed E-state index contributed by atoms with van der Waals surface area (Å²) in [6.07, 6.45) is -4.01. The van der Waals surface area contributed by atoms with Crippen LogP contribution in [0.2, 0.25) is 0 Å². The van der Waals surface area contributed by atoms with E-state index in [0.29, 0.717) is 0 Å². The first-order valence-corrected chi connectivity index (χ1v) is 5.78. The van der Waals surface area contributed by atoms with E-state index in [0.717, 1.165) is 6.20 Å². The Morgan fingerprint density at radius 3 is 2.56 bits per heavy atom. The molecule has 0 aliphatic heterocycles. The normalized spacial score (nSPS) is 10.9. The molecule has 0 spiro atoms. The van der Waals surface area contributed by atoms with E-state index in [9.17, 15) is 13.2 Å². The molecule has 0 fully saturated rings. The van der Waals surface area contributed by atoms with Crippen LogP contribution in [-0.4, -0.2) is 18.5 Å². The summed E-state index contributed by atoms with van der Waals surface area (Å²) in [5, 5.41) is 8.76. The van der Waals surface area contributed by atoms with Crippen LogP contribution in [0.15, 0.2) is 6.20 Å². The fourth-order valence-corrected chi connectivity index (χ4v) is 1.96. The van der Waals surface area contributed by atoms with Crippen molar-refractivity contribution < 1.29 is 22.6 Å². The van der Waals surface area contributed by atoms with Crippen LogP contribution in [-0.2, 0) is 11.8 Å². The number of rotatable bonds is 4. The second kappa shape index (κ2) is 5.91. The molecule has 0 N–H and O–H groups in total. The first kappa shape index (κ1) is 14.6. The van der Waals surface area contributed by atoms with Gasteiger partial charge in [-0.3, -0.25) is 0 Å². The number of hydrogen-bond acceptors (Lipinski definition) is 4. The number of nitrogens with zero attached hydrogens (tertiary/aromatic N) is 2. The number of methoxy groups -OCH3 is 1. The Balaban J connectivity index is 3.29. The number of halogens is 4. The zero-order chi connectivity index (χ0) is 13.8. The lowest BCUT2D eigenvalue weighted by Crippen LogP contribution is -2.19. The average molecular weight is 325 g/mol. The third-order valence-corrected chi connectivity index (χ3v) is 2.59. The van der Waals surface area contributed by atoms with E-state index in [4.69, 9.17) is 10.00 Å². The molecule has 0 atom stereocenters. The molecule has 18 heavy (non-hydrogen) atoms. The highest BCUT2D eigenvalue weighted by Gasteiger charge is 2.33. The van der Waals surface area contributed by atoms with Crippen molar-refractivity contribution in [2.24, 2.45) is 0 Å². The van der Waals surface area contributed by atoms with E-state index in [-0.39, 0.29) is 28.8 Å². The van der Waals surface area contributed by atoms with Crippen molar-refractivity contribution >= 4 is 15.9 Å². The van der Waals surface area contributed by atoms with Crippen LogP contribution in [0.4, 0.5) is 13.2 Å². The second-order valence-electron chi connectivity index (χ2n) is 3.11. The predicted octanol–water partition coefficient (Wildman–Crippen LogP) is 2.95. The van der Waals surface area contributed by atoms with Gasteiger partial charge in [0.25, 0.3) is 0 Å². The molecule has 1 rings (SSSR count). The maximum atomic E-state index is 12.2. The Labute approximate surface area is 109 Å². The Morgan fingerprint density at radius 1 is 1.44 bits per heavy atom. The van der Waals surface area contributed by atoms with E-state index in [1.165, 1.54) is 7.11 Å². The number of aromatic nitrogens is 1. The van der Waals surface area contributed by atoms with Gasteiger partial charge in [0.15, 0.2) is 5.75 Å². The zero-order valence-electron chi connectivity index (χ0n) is 9.21. The van der Waals surface area contributed by atoms with Crippen LogP contribution in [0.3, 0.4) is 0 Å². The Bertz CT molecular complexity index is 471. The summed E-state index contributed by atoms with van der Waals surface area (Å²) in [4.78, 5) is 3.69. The predicted molar refractivity (Wildman–Crippen MR) is 59.4 cm³/mol. The molecule has 0 unspecified atom stereocenters. The first-order valence-electron chi connectivity index (χ1n) is 4.66. The SMILES string of the molecule is COc1ncc(OC(F)(F)F)c(CBr)c1CC#N. The molecule has 1 aromatic rings. The molecule has 0 aliphatic carbocycles. The third-order valence-electron chi connectivity index (χ3n) is 2.03. The summed E-state index contributed by atoms with van der Waals surface area (Å²) in [6.45, 7) is 0. The Kier molecular flexibility index (Phi) is 4.78. The van der Waals surface area contributed by atoms with E-state index >= 15 is 0 Å². The minimum absolute atomic E-state index is 0.0916. The highest BCUT2D eigenvalue weighted by molar-refractivity contribution is 9.08. The van der Waals surface area contributed by atoms with Gasteiger partial charge in [-0.25, -0.2) is 4.98 Å². The molecule has 0 saturated heterocycles. The summed E-state index contributed by atoms with van der Waals surface area (Å²) in [5.41, 5.74) is 0.472. The van der Waals surface area contributed by atoms with Crippen molar-refractivity contribution in [3.63, 3.8) is 0 Å². The topological polar surface area (TPSA) is 55.1 Å². The van der Waals surface area contributed by atoms with Crippen LogP contribution in [0.25, 0.3) is 0 Å². The summed E-state index contributed by atoms with van der Waals surface area (Å²) in [6, 6.07) is 1.85. The van der Waals surface area contributed by atoms with Crippen molar-refractivity contribution in [2.75, 3.05) is 7.11 Å². The van der Waals surface area contributed by atoms with Crippen molar-refractivity contribution in [3.05, 3.63) is 17.3 Å². The second-order valence-corrected chi connectivity index (χ2v) is 3.67. The lowest BCUT2D eigenvalue weighted by molar-refractivity contribution is -0.275. The molecule has 1 heterocycles. The fourth-order valence-electron chi connectivity index (χ4n) is 1.35. The molecule has 0 amide bonds. The lowest BCUT2D eigenvalue weighted by Gasteiger charge is -2.15. The van der Waals surface area contributed by atoms with Gasteiger partial charge in [-0.1, -0.05) is 15.9 Å². The van der Waals surface area contributed by atoms with Crippen LogP contribution >= 0.6 is 15.9 Å². The van der Waals surface area contributed by atoms with Crippen molar-refractivity contribution in [3.8, 4) is 17.7 Å². The molecule has 1 aromatic heterocycles. The summed E-state index contributed by atoms with van der Waals surface area (Å²) < 4.78 is 45.3. The van der Waals surface area contributed by atoms with E-state index in [1.807, 2.05) is 6.07 Å². The lowest BCUT2D eigenvalue weighted by atomic mass is 10.1. The fraction of sp³-hybridized carbons (Fsp3) is 0.400. The monoisotopic (exact) mass is 324 g/mol. The van der Waals surface area contributed by atoms with E-state index in [1.54, 1.807) is 0 Å². The minimum Gasteiger partial charge on any atom is -0.481 e. The van der Waals surface area contributed by atoms with Gasteiger partial charge in [0.1, 0.15) is 0 Å². The summed E-state index contributed by atoms with van der Waals surface area (Å²) in [5.74, 6) is -0.328. The van der Waals surface area contributed by atoms with Crippen LogP contribution in [0.5, 0.6) is 11.6 Å². The molecule has 4 nitrogen and oxygen atoms in total. The number of alkyl halides is 4. The first-order chi connectivity index (χ1) is 8.42. The van der Waals surface area contributed by atoms with Gasteiger partial charge < -0.3 is 9.47 Å². The Hall–Kier alpha value is -1.49. The van der Waals surface area contributed by atoms with Crippen LogP contribution in [0.1, 0.15) is 11.1 Å². The molecular formula is C10H8BrF3N2O2. The van der Waals surface area contributed by atoms with E-state index in [2.05, 4.69) is 25.7 Å². The van der Waals surface area contributed by atoms with Gasteiger partial charge >= 0.3 is 6.36 Å². The maximum absolute atomic E-state index is 12.2. The summed E-state index contributed by atoms with van der Waals surface area (Å²) in [7, 11) is 1.32.